The first-order valence-corrected chi connectivity index (χ1v) is 9.52. The number of anilines is 1. The Balaban J connectivity index is 2.38. The highest BCUT2D eigenvalue weighted by Gasteiger charge is 2.37. The van der Waals surface area contributed by atoms with Crippen molar-refractivity contribution in [2.24, 2.45) is 0 Å². The second-order valence-corrected chi connectivity index (χ2v) is 10.3. The molecule has 1 saturated heterocycles. The highest BCUT2D eigenvalue weighted by Crippen LogP contribution is 2.39. The molecule has 0 unspecified atom stereocenters. The Bertz CT molecular complexity index is 654. The van der Waals surface area contributed by atoms with Crippen LogP contribution in [0.3, 0.4) is 0 Å². The van der Waals surface area contributed by atoms with Crippen LogP contribution in [0.15, 0.2) is 10.3 Å². The van der Waals surface area contributed by atoms with Crippen molar-refractivity contribution in [2.45, 2.75) is 22.8 Å². The van der Waals surface area contributed by atoms with Gasteiger partial charge in [-0.3, -0.25) is 10.1 Å². The maximum absolute atomic E-state index is 12.7. The van der Waals surface area contributed by atoms with Crippen LogP contribution >= 0.6 is 23.1 Å². The molecule has 10 heteroatoms. The molecule has 0 spiro atoms. The lowest BCUT2D eigenvalue weighted by Crippen LogP contribution is -2.45. The summed E-state index contributed by atoms with van der Waals surface area (Å²) in [4.78, 5) is 10.4. The van der Waals surface area contributed by atoms with Gasteiger partial charge in [0.2, 0.25) is 0 Å². The molecule has 1 N–H and O–H groups in total. The molecule has 118 valence electrons. The van der Waals surface area contributed by atoms with Crippen LogP contribution in [0.25, 0.3) is 0 Å². The lowest BCUT2D eigenvalue weighted by molar-refractivity contribution is -0.383. The number of nitrogens with zero attached hydrogens (tertiary/aromatic N) is 2. The minimum atomic E-state index is -3.68. The Kier molecular flexibility index (Phi) is 4.52. The highest BCUT2D eigenvalue weighted by molar-refractivity contribution is 8.00. The summed E-state index contributed by atoms with van der Waals surface area (Å²) in [5, 5.41) is 13.9. The van der Waals surface area contributed by atoms with Gasteiger partial charge in [-0.05, 0) is 13.8 Å². The highest BCUT2D eigenvalue weighted by atomic mass is 32.2. The molecule has 1 aromatic rings. The zero-order chi connectivity index (χ0) is 15.8. The number of nitrogens with one attached hydrogen (secondary N) is 1. The first kappa shape index (κ1) is 16.5. The summed E-state index contributed by atoms with van der Waals surface area (Å²) in [5.41, 5.74) is -0.202. The zero-order valence-electron chi connectivity index (χ0n) is 12.0. The molecule has 2 heterocycles. The lowest BCUT2D eigenvalue weighted by Gasteiger charge is -2.36. The Morgan fingerprint density at radius 1 is 1.48 bits per heavy atom. The van der Waals surface area contributed by atoms with Crippen molar-refractivity contribution in [3.05, 3.63) is 16.2 Å². The Labute approximate surface area is 131 Å². The van der Waals surface area contributed by atoms with Gasteiger partial charge in [-0.15, -0.1) is 0 Å². The fraction of sp³-hybridized carbons (Fsp3) is 0.636. The van der Waals surface area contributed by atoms with Gasteiger partial charge in [-0.25, -0.2) is 8.42 Å². The van der Waals surface area contributed by atoms with Gasteiger partial charge >= 0.3 is 5.69 Å². The molecule has 7 nitrogen and oxygen atoms in total. The predicted octanol–water partition coefficient (Wildman–Crippen LogP) is 2.21. The molecule has 1 aromatic heterocycles. The van der Waals surface area contributed by atoms with Crippen LogP contribution in [0.2, 0.25) is 0 Å². The van der Waals surface area contributed by atoms with Crippen LogP contribution in [-0.4, -0.2) is 48.3 Å². The predicted molar refractivity (Wildman–Crippen MR) is 85.8 cm³/mol. The number of hydrogen-bond donors (Lipinski definition) is 1. The first-order valence-electron chi connectivity index (χ1n) is 6.27. The van der Waals surface area contributed by atoms with E-state index in [1.165, 1.54) is 11.4 Å². The average Bonchev–Trinajstić information content (AvgIpc) is 2.82. The van der Waals surface area contributed by atoms with Gasteiger partial charge < -0.3 is 5.32 Å². The summed E-state index contributed by atoms with van der Waals surface area (Å²) in [5.74, 6) is 0.721. The van der Waals surface area contributed by atoms with Gasteiger partial charge in [-0.1, -0.05) is 11.3 Å². The lowest BCUT2D eigenvalue weighted by atomic mass is 10.2. The van der Waals surface area contributed by atoms with Gasteiger partial charge in [-0.2, -0.15) is 16.1 Å². The van der Waals surface area contributed by atoms with Crippen molar-refractivity contribution >= 4 is 43.8 Å². The number of thioether (sulfide) groups is 1. The third kappa shape index (κ3) is 3.33. The molecule has 0 aromatic carbocycles. The first-order chi connectivity index (χ1) is 9.67. The quantitative estimate of drug-likeness (QED) is 0.660. The third-order valence-electron chi connectivity index (χ3n) is 3.10. The minimum absolute atomic E-state index is 0.0150. The van der Waals surface area contributed by atoms with E-state index >= 15 is 0 Å². The maximum Gasteiger partial charge on any atom is 0.304 e. The van der Waals surface area contributed by atoms with Crippen molar-refractivity contribution in [3.8, 4) is 0 Å². The number of rotatable bonds is 4. The second kappa shape index (κ2) is 5.75. The molecule has 21 heavy (non-hydrogen) atoms. The molecular weight excluding hydrogens is 334 g/mol. The van der Waals surface area contributed by atoms with Crippen molar-refractivity contribution in [2.75, 3.05) is 31.2 Å². The smallest absolute Gasteiger partial charge is 0.304 e. The molecule has 0 saturated carbocycles. The molecule has 0 bridgehead atoms. The van der Waals surface area contributed by atoms with E-state index in [1.54, 1.807) is 11.8 Å². The standard InChI is InChI=1S/C11H17N3O4S3/c1-11(2)7-13(4-5-19-11)21(17,18)9-6-8(14(15)16)10(12-3)20-9/h6,12H,4-5,7H2,1-3H3. The zero-order valence-corrected chi connectivity index (χ0v) is 14.4. The van der Waals surface area contributed by atoms with Crippen LogP contribution in [0, 0.1) is 10.1 Å². The van der Waals surface area contributed by atoms with Crippen LogP contribution in [0.5, 0.6) is 0 Å². The van der Waals surface area contributed by atoms with Crippen molar-refractivity contribution in [3.63, 3.8) is 0 Å². The minimum Gasteiger partial charge on any atom is -0.374 e. The molecule has 0 aliphatic carbocycles. The SMILES string of the molecule is CNc1sc(S(=O)(=O)N2CCSC(C)(C)C2)cc1[N+](=O)[O-]. The maximum atomic E-state index is 12.7. The summed E-state index contributed by atoms with van der Waals surface area (Å²) in [6.07, 6.45) is 0. The summed E-state index contributed by atoms with van der Waals surface area (Å²) in [7, 11) is -2.15. The number of thiophene rings is 1. The van der Waals surface area contributed by atoms with Crippen LogP contribution < -0.4 is 5.32 Å². The molecule has 0 amide bonds. The van der Waals surface area contributed by atoms with Gasteiger partial charge in [0.1, 0.15) is 4.21 Å². The topological polar surface area (TPSA) is 92.6 Å². The fourth-order valence-electron chi connectivity index (χ4n) is 2.11. The van der Waals surface area contributed by atoms with E-state index in [9.17, 15) is 18.5 Å². The van der Waals surface area contributed by atoms with Crippen LogP contribution in [0.1, 0.15) is 13.8 Å². The third-order valence-corrected chi connectivity index (χ3v) is 7.83. The molecular formula is C11H17N3O4S3. The van der Waals surface area contributed by atoms with Gasteiger partial charge in [0, 0.05) is 36.7 Å². The summed E-state index contributed by atoms with van der Waals surface area (Å²) in [6.45, 7) is 4.82. The van der Waals surface area contributed by atoms with E-state index < -0.39 is 14.9 Å². The molecule has 0 radical (unpaired) electrons. The number of nitro groups is 1. The molecule has 1 aliphatic rings. The van der Waals surface area contributed by atoms with Crippen molar-refractivity contribution in [1.29, 1.82) is 0 Å². The van der Waals surface area contributed by atoms with E-state index in [4.69, 9.17) is 0 Å². The van der Waals surface area contributed by atoms with Crippen LogP contribution in [-0.2, 0) is 10.0 Å². The molecule has 1 fully saturated rings. The van der Waals surface area contributed by atoms with Gasteiger partial charge in [0.25, 0.3) is 10.0 Å². The second-order valence-electron chi connectivity index (χ2n) is 5.23. The Hall–Kier alpha value is -0.840. The van der Waals surface area contributed by atoms with E-state index in [1.807, 2.05) is 13.8 Å². The van der Waals surface area contributed by atoms with Gasteiger partial charge in [0.05, 0.1) is 4.92 Å². The number of sulfonamides is 1. The fourth-order valence-corrected chi connectivity index (χ4v) is 6.45. The largest absolute Gasteiger partial charge is 0.374 e. The van der Waals surface area contributed by atoms with Gasteiger partial charge in [0.15, 0.2) is 5.00 Å². The number of hydrogen-bond acceptors (Lipinski definition) is 7. The summed E-state index contributed by atoms with van der Waals surface area (Å²) >= 11 is 2.63. The van der Waals surface area contributed by atoms with E-state index in [-0.39, 0.29) is 19.6 Å². The molecule has 1 aliphatic heterocycles. The van der Waals surface area contributed by atoms with Crippen LogP contribution in [0.4, 0.5) is 10.7 Å². The normalized spacial score (nSPS) is 19.4. The monoisotopic (exact) mass is 351 g/mol. The molecule has 0 atom stereocenters. The van der Waals surface area contributed by atoms with E-state index in [0.717, 1.165) is 23.2 Å². The van der Waals surface area contributed by atoms with Crippen molar-refractivity contribution in [1.82, 2.24) is 4.31 Å². The Morgan fingerprint density at radius 3 is 2.62 bits per heavy atom. The molecule has 2 rings (SSSR count). The Morgan fingerprint density at radius 2 is 2.14 bits per heavy atom. The summed E-state index contributed by atoms with van der Waals surface area (Å²) in [6, 6.07) is 1.14. The van der Waals surface area contributed by atoms with E-state index in [2.05, 4.69) is 5.32 Å². The van der Waals surface area contributed by atoms with E-state index in [0.29, 0.717) is 13.1 Å². The van der Waals surface area contributed by atoms with Crippen molar-refractivity contribution < 1.29 is 13.3 Å². The average molecular weight is 351 g/mol. The summed E-state index contributed by atoms with van der Waals surface area (Å²) < 4.78 is 26.6.